The molecule has 1 spiro atoms. The number of halogens is 2. The zero-order valence-corrected chi connectivity index (χ0v) is 41.6. The fourth-order valence-corrected chi connectivity index (χ4v) is 12.3. The topological polar surface area (TPSA) is 159 Å². The zero-order chi connectivity index (χ0) is 50.1. The van der Waals surface area contributed by atoms with E-state index in [0.717, 1.165) is 83.7 Å². The van der Waals surface area contributed by atoms with Crippen molar-refractivity contribution >= 4 is 40.3 Å². The minimum absolute atomic E-state index is 0.00588. The summed E-state index contributed by atoms with van der Waals surface area (Å²) in [7, 11) is 0. The van der Waals surface area contributed by atoms with Crippen LogP contribution in [0.4, 0.5) is 8.78 Å². The molecule has 2 aliphatic carbocycles. The van der Waals surface area contributed by atoms with Gasteiger partial charge in [0.05, 0.1) is 28.8 Å². The van der Waals surface area contributed by atoms with Crippen LogP contribution in [-0.4, -0.2) is 142 Å². The molecule has 10 rings (SSSR count). The number of aromatic nitrogens is 2. The van der Waals surface area contributed by atoms with Crippen molar-refractivity contribution in [3.05, 3.63) is 111 Å². The van der Waals surface area contributed by atoms with Crippen LogP contribution in [0, 0.1) is 28.4 Å². The minimum Gasteiger partial charge on any atom is -0.342 e. The first-order chi connectivity index (χ1) is 34.8. The molecule has 0 unspecified atom stereocenters. The number of aromatic amines is 1. The van der Waals surface area contributed by atoms with Crippen LogP contribution in [0.3, 0.4) is 0 Å². The van der Waals surface area contributed by atoms with Crippen molar-refractivity contribution in [3.8, 4) is 0 Å². The molecule has 72 heavy (non-hydrogen) atoms. The van der Waals surface area contributed by atoms with E-state index in [0.29, 0.717) is 86.1 Å². The first kappa shape index (κ1) is 49.5. The third-order valence-corrected chi connectivity index (χ3v) is 17.4. The SMILES string of the molecule is CC1(C(=O)N2CCC(c3cccc(C(=O)N[C@@H](C(=O)N4CCC5(CCN(CC(=O)N6CCN(C(=O)c7cc(Cc8n[nH]c(=O)c9ccccc89)ccc7F)CC6)CC5)CC4)C4CCCCC4)c3F)CC2)CC1. The largest absolute Gasteiger partial charge is 0.342 e. The molecule has 3 aromatic carbocycles. The van der Waals surface area contributed by atoms with Gasteiger partial charge in [0.25, 0.3) is 17.4 Å². The number of nitrogens with zero attached hydrogens (tertiary/aromatic N) is 6. The Morgan fingerprint density at radius 1 is 0.708 bits per heavy atom. The Hall–Kier alpha value is -6.03. The maximum absolute atomic E-state index is 16.3. The number of hydrogen-bond acceptors (Lipinski definition) is 8. The molecule has 0 bridgehead atoms. The summed E-state index contributed by atoms with van der Waals surface area (Å²) in [6.45, 7) is 7.45. The predicted molar refractivity (Wildman–Crippen MR) is 268 cm³/mol. The Kier molecular flexibility index (Phi) is 14.3. The van der Waals surface area contributed by atoms with Gasteiger partial charge in [0, 0.05) is 69.6 Å². The number of hydrogen-bond donors (Lipinski definition) is 2. The number of rotatable bonds is 11. The van der Waals surface area contributed by atoms with E-state index in [1.54, 1.807) is 46.2 Å². The molecule has 2 saturated carbocycles. The van der Waals surface area contributed by atoms with E-state index in [4.69, 9.17) is 0 Å². The fraction of sp³-hybridized carbons (Fsp3) is 0.554. The van der Waals surface area contributed by atoms with Crippen molar-refractivity contribution in [2.45, 2.75) is 109 Å². The Balaban J connectivity index is 0.690. The molecule has 6 aliphatic rings. The highest BCUT2D eigenvalue weighted by atomic mass is 19.1. The number of carbonyl (C=O) groups excluding carboxylic acids is 5. The molecule has 4 aliphatic heterocycles. The van der Waals surface area contributed by atoms with Crippen LogP contribution >= 0.6 is 0 Å². The second-order valence-corrected chi connectivity index (χ2v) is 22.0. The number of amides is 5. The second kappa shape index (κ2) is 20.8. The summed E-state index contributed by atoms with van der Waals surface area (Å²) in [5.41, 5.74) is 1.27. The Morgan fingerprint density at radius 2 is 1.38 bits per heavy atom. The molecule has 2 N–H and O–H groups in total. The highest BCUT2D eigenvalue weighted by Crippen LogP contribution is 2.47. The lowest BCUT2D eigenvalue weighted by molar-refractivity contribution is -0.139. The molecule has 382 valence electrons. The first-order valence-electron chi connectivity index (χ1n) is 26.5. The standard InChI is InChI=1S/C56H68F2N8O6/c1-55(18-19-55)54(72)66-24-16-38(17-25-66)40-12-7-13-43(48(40)58)50(68)59-49(39-8-3-2-4-9-39)53(71)64-28-22-56(23-29-64)20-26-62(27-21-56)36-47(67)63-30-32-65(33-31-63)52(70)44-34-37(14-15-45(44)57)35-46-41-10-5-6-11-42(41)51(69)61-60-46/h5-7,10-15,34,38-39,49H,2-4,8-9,16-33,35-36H2,1H3,(H,59,68)(H,61,69)/t49-/m1/s1. The van der Waals surface area contributed by atoms with Gasteiger partial charge in [-0.2, -0.15) is 5.10 Å². The van der Waals surface area contributed by atoms with Crippen LogP contribution in [0.25, 0.3) is 10.8 Å². The van der Waals surface area contributed by atoms with Crippen molar-refractivity contribution in [1.82, 2.24) is 40.0 Å². The van der Waals surface area contributed by atoms with E-state index in [9.17, 15) is 28.8 Å². The molecule has 5 amide bonds. The molecule has 6 fully saturated rings. The quantitative estimate of drug-likeness (QED) is 0.169. The molecule has 4 saturated heterocycles. The average molecular weight is 987 g/mol. The molecular weight excluding hydrogens is 919 g/mol. The van der Waals surface area contributed by atoms with Crippen molar-refractivity contribution in [2.24, 2.45) is 16.7 Å². The highest BCUT2D eigenvalue weighted by molar-refractivity contribution is 5.98. The Labute approximate surface area is 419 Å². The van der Waals surface area contributed by atoms with Gasteiger partial charge in [-0.1, -0.05) is 62.6 Å². The van der Waals surface area contributed by atoms with Gasteiger partial charge in [0.1, 0.15) is 17.7 Å². The second-order valence-electron chi connectivity index (χ2n) is 22.0. The molecular formula is C56H68F2N8O6. The van der Waals surface area contributed by atoms with Gasteiger partial charge >= 0.3 is 0 Å². The number of fused-ring (bicyclic) bond motifs is 1. The molecule has 5 heterocycles. The molecule has 1 atom stereocenters. The van der Waals surface area contributed by atoms with Crippen molar-refractivity contribution in [2.75, 3.05) is 72.0 Å². The van der Waals surface area contributed by atoms with Crippen LogP contribution in [0.2, 0.25) is 0 Å². The summed E-state index contributed by atoms with van der Waals surface area (Å²) in [6, 6.07) is 15.9. The fourth-order valence-electron chi connectivity index (χ4n) is 12.3. The van der Waals surface area contributed by atoms with Crippen molar-refractivity contribution in [1.29, 1.82) is 0 Å². The number of nitrogens with one attached hydrogen (secondary N) is 2. The minimum atomic E-state index is -0.730. The summed E-state index contributed by atoms with van der Waals surface area (Å²) in [5.74, 6) is -2.12. The number of piperidine rings is 3. The third kappa shape index (κ3) is 10.4. The summed E-state index contributed by atoms with van der Waals surface area (Å²) < 4.78 is 31.5. The van der Waals surface area contributed by atoms with Gasteiger partial charge in [-0.15, -0.1) is 0 Å². The Morgan fingerprint density at radius 3 is 2.07 bits per heavy atom. The maximum Gasteiger partial charge on any atom is 0.272 e. The van der Waals surface area contributed by atoms with Crippen molar-refractivity contribution < 1.29 is 32.8 Å². The van der Waals surface area contributed by atoms with E-state index in [1.165, 1.54) is 12.1 Å². The summed E-state index contributed by atoms with van der Waals surface area (Å²) >= 11 is 0. The smallest absolute Gasteiger partial charge is 0.272 e. The van der Waals surface area contributed by atoms with Crippen LogP contribution in [0.15, 0.2) is 65.5 Å². The number of likely N-dealkylation sites (tertiary alicyclic amines) is 3. The van der Waals surface area contributed by atoms with E-state index in [1.807, 2.05) is 28.9 Å². The predicted octanol–water partition coefficient (Wildman–Crippen LogP) is 6.67. The monoisotopic (exact) mass is 987 g/mol. The third-order valence-electron chi connectivity index (χ3n) is 17.4. The van der Waals surface area contributed by atoms with Gasteiger partial charge in [-0.05, 0) is 130 Å². The molecule has 1 aromatic heterocycles. The van der Waals surface area contributed by atoms with E-state index >= 15 is 8.78 Å². The average Bonchev–Trinajstić information content (AvgIpc) is 4.18. The van der Waals surface area contributed by atoms with Gasteiger partial charge in [-0.25, -0.2) is 13.9 Å². The highest BCUT2D eigenvalue weighted by Gasteiger charge is 2.48. The van der Waals surface area contributed by atoms with Crippen molar-refractivity contribution in [3.63, 3.8) is 0 Å². The van der Waals surface area contributed by atoms with E-state index in [2.05, 4.69) is 20.4 Å². The lowest BCUT2D eigenvalue weighted by atomic mass is 9.71. The molecule has 0 radical (unpaired) electrons. The van der Waals surface area contributed by atoms with Crippen LogP contribution in [0.1, 0.15) is 134 Å². The number of benzene rings is 3. The van der Waals surface area contributed by atoms with Crippen LogP contribution in [0.5, 0.6) is 0 Å². The molecule has 4 aromatic rings. The van der Waals surface area contributed by atoms with Gasteiger partial charge in [0.2, 0.25) is 17.7 Å². The van der Waals surface area contributed by atoms with Crippen LogP contribution < -0.4 is 10.9 Å². The van der Waals surface area contributed by atoms with E-state index in [-0.39, 0.29) is 76.7 Å². The summed E-state index contributed by atoms with van der Waals surface area (Å²) in [5, 5.41) is 11.0. The van der Waals surface area contributed by atoms with Gasteiger partial charge < -0.3 is 24.9 Å². The van der Waals surface area contributed by atoms with E-state index < -0.39 is 29.5 Å². The number of piperazine rings is 1. The lowest BCUT2D eigenvalue weighted by Crippen LogP contribution is -2.56. The van der Waals surface area contributed by atoms with Gasteiger partial charge in [0.15, 0.2) is 0 Å². The molecule has 16 heteroatoms. The zero-order valence-electron chi connectivity index (χ0n) is 41.6. The Bertz CT molecular complexity index is 2760. The summed E-state index contributed by atoms with van der Waals surface area (Å²) in [4.78, 5) is 90.4. The number of H-pyrrole nitrogens is 1. The van der Waals surface area contributed by atoms with Crippen LogP contribution in [-0.2, 0) is 20.8 Å². The first-order valence-corrected chi connectivity index (χ1v) is 26.5. The lowest BCUT2D eigenvalue weighted by Gasteiger charge is -2.47. The summed E-state index contributed by atoms with van der Waals surface area (Å²) in [6.07, 6.45) is 11.7. The van der Waals surface area contributed by atoms with Gasteiger partial charge in [-0.3, -0.25) is 33.7 Å². The maximum atomic E-state index is 16.3. The normalized spacial score (nSPS) is 21.2. The number of carbonyl (C=O) groups is 5. The molecule has 14 nitrogen and oxygen atoms in total.